The van der Waals surface area contributed by atoms with Gasteiger partial charge >= 0.3 is 0 Å². The van der Waals surface area contributed by atoms with Gasteiger partial charge in [-0.3, -0.25) is 0 Å². The summed E-state index contributed by atoms with van der Waals surface area (Å²) < 4.78 is 19.1. The fraction of sp³-hybridized carbons (Fsp3) is 0.455. The molecule has 0 amide bonds. The van der Waals surface area contributed by atoms with Crippen molar-refractivity contribution in [2.24, 2.45) is 0 Å². The van der Waals surface area contributed by atoms with E-state index in [-0.39, 0.29) is 5.82 Å². The number of anilines is 2. The fourth-order valence-electron chi connectivity index (χ4n) is 2.39. The highest BCUT2D eigenvalue weighted by molar-refractivity contribution is 5.57. The summed E-state index contributed by atoms with van der Waals surface area (Å²) >= 11 is 0. The number of ether oxygens (including phenoxy) is 1. The number of rotatable bonds is 1. The topological polar surface area (TPSA) is 38.5 Å². The quantitative estimate of drug-likeness (QED) is 0.709. The minimum atomic E-state index is -0.236. The van der Waals surface area contributed by atoms with Crippen molar-refractivity contribution in [2.45, 2.75) is 18.6 Å². The predicted octanol–water partition coefficient (Wildman–Crippen LogP) is 1.39. The molecule has 2 fully saturated rings. The first-order valence-electron chi connectivity index (χ1n) is 5.19. The van der Waals surface area contributed by atoms with Crippen LogP contribution in [-0.4, -0.2) is 25.3 Å². The molecule has 0 aliphatic carbocycles. The highest BCUT2D eigenvalue weighted by Crippen LogP contribution is 2.36. The summed E-state index contributed by atoms with van der Waals surface area (Å²) in [6, 6.07) is 5.22. The van der Waals surface area contributed by atoms with Gasteiger partial charge in [-0.05, 0) is 24.6 Å². The molecule has 2 aliphatic rings. The standard InChI is InChI=1S/C11H13FN2O/c12-8-5-7(13)1-2-9(8)14-6-11-10(14)3-4-15-11/h1-2,5,10-11H,3-4,6,13H2. The lowest BCUT2D eigenvalue weighted by molar-refractivity contribution is 0.0767. The van der Waals surface area contributed by atoms with Crippen molar-refractivity contribution in [3.63, 3.8) is 0 Å². The second kappa shape index (κ2) is 3.10. The molecule has 2 heterocycles. The van der Waals surface area contributed by atoms with E-state index in [1.807, 2.05) is 0 Å². The van der Waals surface area contributed by atoms with Gasteiger partial charge < -0.3 is 15.4 Å². The third kappa shape index (κ3) is 1.28. The molecular formula is C11H13FN2O. The molecule has 4 heteroatoms. The van der Waals surface area contributed by atoms with Gasteiger partial charge in [0.1, 0.15) is 5.82 Å². The summed E-state index contributed by atoms with van der Waals surface area (Å²) in [5.41, 5.74) is 6.63. The lowest BCUT2D eigenvalue weighted by atomic mass is 9.97. The minimum absolute atomic E-state index is 0.236. The van der Waals surface area contributed by atoms with Gasteiger partial charge in [0.05, 0.1) is 17.8 Å². The molecule has 0 radical (unpaired) electrons. The zero-order valence-corrected chi connectivity index (χ0v) is 8.32. The number of nitrogen functional groups attached to an aromatic ring is 1. The molecule has 2 N–H and O–H groups in total. The number of halogens is 1. The van der Waals surface area contributed by atoms with Crippen LogP contribution in [0.15, 0.2) is 18.2 Å². The van der Waals surface area contributed by atoms with Crippen molar-refractivity contribution in [1.82, 2.24) is 0 Å². The van der Waals surface area contributed by atoms with E-state index in [0.29, 0.717) is 23.5 Å². The fourth-order valence-corrected chi connectivity index (χ4v) is 2.39. The van der Waals surface area contributed by atoms with Crippen LogP contribution < -0.4 is 10.6 Å². The van der Waals surface area contributed by atoms with Gasteiger partial charge in [0, 0.05) is 18.8 Å². The molecular weight excluding hydrogens is 195 g/mol. The second-order valence-corrected chi connectivity index (χ2v) is 4.13. The van der Waals surface area contributed by atoms with Crippen LogP contribution in [0.4, 0.5) is 15.8 Å². The second-order valence-electron chi connectivity index (χ2n) is 4.13. The normalized spacial score (nSPS) is 28.7. The Hall–Kier alpha value is -1.29. The predicted molar refractivity (Wildman–Crippen MR) is 56.3 cm³/mol. The summed E-state index contributed by atoms with van der Waals surface area (Å²) in [6.07, 6.45) is 1.30. The Balaban J connectivity index is 1.87. The van der Waals surface area contributed by atoms with Crippen LogP contribution >= 0.6 is 0 Å². The molecule has 0 spiro atoms. The maximum absolute atomic E-state index is 13.6. The molecule has 2 atom stereocenters. The molecule has 0 aromatic heterocycles. The number of hydrogen-bond acceptors (Lipinski definition) is 3. The molecule has 2 aliphatic heterocycles. The Morgan fingerprint density at radius 1 is 1.47 bits per heavy atom. The van der Waals surface area contributed by atoms with Crippen molar-refractivity contribution >= 4 is 11.4 Å². The molecule has 15 heavy (non-hydrogen) atoms. The van der Waals surface area contributed by atoms with Crippen LogP contribution in [0.25, 0.3) is 0 Å². The van der Waals surface area contributed by atoms with Crippen LogP contribution in [0.3, 0.4) is 0 Å². The first-order valence-corrected chi connectivity index (χ1v) is 5.19. The van der Waals surface area contributed by atoms with Crippen molar-refractivity contribution in [2.75, 3.05) is 23.8 Å². The lowest BCUT2D eigenvalue weighted by Crippen LogP contribution is -2.58. The molecule has 3 rings (SSSR count). The van der Waals surface area contributed by atoms with E-state index >= 15 is 0 Å². The van der Waals surface area contributed by atoms with Crippen LogP contribution in [0.2, 0.25) is 0 Å². The molecule has 1 aromatic rings. The van der Waals surface area contributed by atoms with Gasteiger partial charge in [-0.15, -0.1) is 0 Å². The van der Waals surface area contributed by atoms with Gasteiger partial charge in [-0.2, -0.15) is 0 Å². The van der Waals surface area contributed by atoms with Crippen LogP contribution in [-0.2, 0) is 4.74 Å². The third-order valence-corrected chi connectivity index (χ3v) is 3.23. The van der Waals surface area contributed by atoms with Crippen molar-refractivity contribution in [1.29, 1.82) is 0 Å². The minimum Gasteiger partial charge on any atom is -0.399 e. The average Bonchev–Trinajstić information content (AvgIpc) is 2.52. The molecule has 0 bridgehead atoms. The van der Waals surface area contributed by atoms with Crippen LogP contribution in [0.5, 0.6) is 0 Å². The maximum atomic E-state index is 13.6. The summed E-state index contributed by atoms with van der Waals surface area (Å²) in [6.45, 7) is 1.59. The first kappa shape index (κ1) is 8.97. The van der Waals surface area contributed by atoms with E-state index in [2.05, 4.69) is 4.90 Å². The van der Waals surface area contributed by atoms with E-state index < -0.39 is 0 Å². The van der Waals surface area contributed by atoms with Gasteiger partial charge in [-0.1, -0.05) is 0 Å². The number of fused-ring (bicyclic) bond motifs is 1. The van der Waals surface area contributed by atoms with E-state index in [4.69, 9.17) is 10.5 Å². The van der Waals surface area contributed by atoms with Gasteiger partial charge in [-0.25, -0.2) is 4.39 Å². The van der Waals surface area contributed by atoms with Crippen LogP contribution in [0, 0.1) is 5.82 Å². The Morgan fingerprint density at radius 2 is 2.33 bits per heavy atom. The molecule has 3 nitrogen and oxygen atoms in total. The zero-order chi connectivity index (χ0) is 10.4. The Bertz CT molecular complexity index is 396. The number of nitrogens with zero attached hydrogens (tertiary/aromatic N) is 1. The highest BCUT2D eigenvalue weighted by atomic mass is 19.1. The summed E-state index contributed by atoms with van der Waals surface area (Å²) in [5, 5.41) is 0. The van der Waals surface area contributed by atoms with Gasteiger partial charge in [0.25, 0.3) is 0 Å². The van der Waals surface area contributed by atoms with E-state index in [1.165, 1.54) is 6.07 Å². The Kier molecular flexibility index (Phi) is 1.85. The van der Waals surface area contributed by atoms with E-state index in [9.17, 15) is 4.39 Å². The molecule has 2 unspecified atom stereocenters. The third-order valence-electron chi connectivity index (χ3n) is 3.23. The summed E-state index contributed by atoms with van der Waals surface area (Å²) in [5.74, 6) is -0.236. The number of nitrogens with two attached hydrogens (primary N) is 1. The molecule has 1 aromatic carbocycles. The lowest BCUT2D eigenvalue weighted by Gasteiger charge is -2.44. The molecule has 2 saturated heterocycles. The smallest absolute Gasteiger partial charge is 0.148 e. The summed E-state index contributed by atoms with van der Waals surface area (Å²) in [7, 11) is 0. The summed E-state index contributed by atoms with van der Waals surface area (Å²) in [4.78, 5) is 2.06. The van der Waals surface area contributed by atoms with Crippen molar-refractivity contribution in [3.05, 3.63) is 24.0 Å². The number of hydrogen-bond donors (Lipinski definition) is 1. The monoisotopic (exact) mass is 208 g/mol. The zero-order valence-electron chi connectivity index (χ0n) is 8.32. The maximum Gasteiger partial charge on any atom is 0.148 e. The Morgan fingerprint density at radius 3 is 3.07 bits per heavy atom. The largest absolute Gasteiger partial charge is 0.399 e. The van der Waals surface area contributed by atoms with Gasteiger partial charge in [0.2, 0.25) is 0 Å². The average molecular weight is 208 g/mol. The first-order chi connectivity index (χ1) is 7.25. The van der Waals surface area contributed by atoms with Crippen molar-refractivity contribution in [3.8, 4) is 0 Å². The van der Waals surface area contributed by atoms with E-state index in [0.717, 1.165) is 19.6 Å². The molecule has 80 valence electrons. The Labute approximate surface area is 87.6 Å². The molecule has 0 saturated carbocycles. The number of benzene rings is 1. The van der Waals surface area contributed by atoms with Crippen LogP contribution in [0.1, 0.15) is 6.42 Å². The SMILES string of the molecule is Nc1ccc(N2CC3OCCC32)c(F)c1. The van der Waals surface area contributed by atoms with Gasteiger partial charge in [0.15, 0.2) is 0 Å². The van der Waals surface area contributed by atoms with Crippen molar-refractivity contribution < 1.29 is 9.13 Å². The highest BCUT2D eigenvalue weighted by Gasteiger charge is 2.44. The van der Waals surface area contributed by atoms with E-state index in [1.54, 1.807) is 12.1 Å².